The van der Waals surface area contributed by atoms with Crippen LogP contribution in [-0.2, 0) is 2.51 Å². The molecule has 0 amide bonds. The maximum atomic E-state index is 3.26. The quantitative estimate of drug-likeness (QED) is 0.477. The topological polar surface area (TPSA) is 0 Å². The zero-order chi connectivity index (χ0) is 5.45. The number of hydrogen-bond donors (Lipinski definition) is 0. The van der Waals surface area contributed by atoms with Crippen LogP contribution in [0.15, 0.2) is 0 Å². The summed E-state index contributed by atoms with van der Waals surface area (Å²) in [7, 11) is 0. The van der Waals surface area contributed by atoms with E-state index in [1.165, 1.54) is 0 Å². The molecule has 0 N–H and O–H groups in total. The van der Waals surface area contributed by atoms with Crippen LogP contribution in [0.1, 0.15) is 0 Å². The van der Waals surface area contributed by atoms with Crippen molar-refractivity contribution in [1.82, 2.24) is 0 Å². The van der Waals surface area contributed by atoms with Crippen molar-refractivity contribution in [2.75, 3.05) is 0 Å². The van der Waals surface area contributed by atoms with Gasteiger partial charge in [-0.05, 0) is 0 Å². The molecule has 6 heteroatoms. The summed E-state index contributed by atoms with van der Waals surface area (Å²) in [5.74, 6) is 0. The van der Waals surface area contributed by atoms with Gasteiger partial charge in [0.2, 0.25) is 0 Å². The molecule has 0 spiro atoms. The van der Waals surface area contributed by atoms with Gasteiger partial charge in [-0.1, -0.05) is 0 Å². The van der Waals surface area contributed by atoms with E-state index in [0.29, 0.717) is 0 Å². The van der Waals surface area contributed by atoms with Gasteiger partial charge in [0.25, 0.3) is 0 Å². The van der Waals surface area contributed by atoms with Crippen molar-refractivity contribution in [3.63, 3.8) is 0 Å². The molecule has 0 unspecified atom stereocenters. The van der Waals surface area contributed by atoms with Gasteiger partial charge in [-0.3, -0.25) is 0 Å². The molecule has 0 nitrogen and oxygen atoms in total. The summed E-state index contributed by atoms with van der Waals surface area (Å²) in [5, 5.41) is 0. The van der Waals surface area contributed by atoms with Crippen LogP contribution < -0.4 is 0 Å². The van der Waals surface area contributed by atoms with E-state index in [1.54, 1.807) is 0 Å². The van der Waals surface area contributed by atoms with Gasteiger partial charge in [0.1, 0.15) is 0 Å². The second kappa shape index (κ2) is 2.26. The molecule has 0 saturated heterocycles. The molecule has 0 aromatic rings. The SMILES string of the molecule is [Br][Ni]([Br])([Br])([Br])[Br]. The van der Waals surface area contributed by atoms with Gasteiger partial charge in [-0.2, -0.15) is 0 Å². The molecule has 0 aromatic heterocycles. The Balaban J connectivity index is 3.73. The molecule has 0 heterocycles. The Kier molecular flexibility index (Phi) is 3.34. The molecule has 6 heavy (non-hydrogen) atoms. The Morgan fingerprint density at radius 1 is 0.667 bits per heavy atom. The van der Waals surface area contributed by atoms with Gasteiger partial charge >= 0.3 is 73.6 Å². The molecule has 0 fully saturated rings. The third-order valence-corrected chi connectivity index (χ3v) is 0. The predicted molar refractivity (Wildman–Crippen MR) is 44.6 cm³/mol. The van der Waals surface area contributed by atoms with E-state index in [1.807, 2.05) is 0 Å². The summed E-state index contributed by atoms with van der Waals surface area (Å²) in [5.41, 5.74) is 0. The first-order chi connectivity index (χ1) is 2.24. The fourth-order valence-corrected chi connectivity index (χ4v) is 0. The fourth-order valence-electron chi connectivity index (χ4n) is 0. The van der Waals surface area contributed by atoms with E-state index in [4.69, 9.17) is 0 Å². The summed E-state index contributed by atoms with van der Waals surface area (Å²) >= 11 is 16.3. The molecule has 0 aliphatic rings. The summed E-state index contributed by atoms with van der Waals surface area (Å²) in [6, 6.07) is 0. The van der Waals surface area contributed by atoms with E-state index in [2.05, 4.69) is 71.1 Å². The minimum atomic E-state index is -1.86. The maximum absolute atomic E-state index is 3.26. The van der Waals surface area contributed by atoms with Crippen LogP contribution >= 0.6 is 71.1 Å². The first-order valence-corrected chi connectivity index (χ1v) is 12.8. The van der Waals surface area contributed by atoms with Gasteiger partial charge in [0.05, 0.1) is 0 Å². The summed E-state index contributed by atoms with van der Waals surface area (Å²) in [6.07, 6.45) is 0. The Morgan fingerprint density at radius 2 is 0.667 bits per heavy atom. The molecule has 0 bridgehead atoms. The standard InChI is InChI=1S/5BrH.Ni/h5*1H;/q;;;;;+5/p-5. The Bertz CT molecular complexity index is 37.1. The van der Waals surface area contributed by atoms with Crippen LogP contribution in [0, 0.1) is 0 Å². The molecule has 45 valence electrons. The molecule has 0 radical (unpaired) electrons. The monoisotopic (exact) mass is 453 g/mol. The van der Waals surface area contributed by atoms with E-state index in [9.17, 15) is 0 Å². The van der Waals surface area contributed by atoms with Crippen LogP contribution in [0.5, 0.6) is 0 Å². The molecule has 0 rings (SSSR count). The summed E-state index contributed by atoms with van der Waals surface area (Å²) in [6.45, 7) is 0. The average Bonchev–Trinajstić information content (AvgIpc) is 0.650. The van der Waals surface area contributed by atoms with Gasteiger partial charge in [0.15, 0.2) is 0 Å². The van der Waals surface area contributed by atoms with Gasteiger partial charge in [-0.15, -0.1) is 0 Å². The average molecular weight is 458 g/mol. The molecule has 0 aromatic carbocycles. The second-order valence-electron chi connectivity index (χ2n) is 0.452. The number of halogens is 5. The van der Waals surface area contributed by atoms with Crippen molar-refractivity contribution < 1.29 is 2.51 Å². The summed E-state index contributed by atoms with van der Waals surface area (Å²) < 4.78 is -1.86. The van der Waals surface area contributed by atoms with Crippen molar-refractivity contribution in [1.29, 1.82) is 0 Å². The van der Waals surface area contributed by atoms with Crippen LogP contribution in [0.3, 0.4) is 0 Å². The van der Waals surface area contributed by atoms with E-state index in [-0.39, 0.29) is 0 Å². The normalized spacial score (nSPS) is 19.2. The first-order valence-electron chi connectivity index (χ1n) is 0.598. The molecule has 0 aliphatic carbocycles. The number of hydrogen-bond acceptors (Lipinski definition) is 0. The van der Waals surface area contributed by atoms with E-state index < -0.39 is 2.51 Å². The van der Waals surface area contributed by atoms with Crippen LogP contribution in [-0.4, -0.2) is 0 Å². The van der Waals surface area contributed by atoms with Crippen molar-refractivity contribution in [2.24, 2.45) is 0 Å². The molecule has 0 saturated carbocycles. The van der Waals surface area contributed by atoms with Crippen molar-refractivity contribution in [3.05, 3.63) is 0 Å². The van der Waals surface area contributed by atoms with Crippen LogP contribution in [0.2, 0.25) is 0 Å². The van der Waals surface area contributed by atoms with Gasteiger partial charge in [-0.25, -0.2) is 0 Å². The fraction of sp³-hybridized carbons (Fsp3) is 0. The Hall–Kier alpha value is 2.89. The molecule has 0 aliphatic heterocycles. The zero-order valence-corrected chi connectivity index (χ0v) is 11.1. The van der Waals surface area contributed by atoms with Crippen LogP contribution in [0.25, 0.3) is 0 Å². The molecule has 0 atom stereocenters. The van der Waals surface area contributed by atoms with Gasteiger partial charge < -0.3 is 0 Å². The Labute approximate surface area is 72.2 Å². The van der Waals surface area contributed by atoms with E-state index in [0.717, 1.165) is 0 Å². The van der Waals surface area contributed by atoms with Crippen molar-refractivity contribution in [3.8, 4) is 0 Å². The summed E-state index contributed by atoms with van der Waals surface area (Å²) in [4.78, 5) is 0. The first kappa shape index (κ1) is 8.89. The number of rotatable bonds is 0. The third-order valence-electron chi connectivity index (χ3n) is 0. The Morgan fingerprint density at radius 3 is 0.667 bits per heavy atom. The van der Waals surface area contributed by atoms with Gasteiger partial charge in [0, 0.05) is 0 Å². The molecular weight excluding hydrogens is 458 g/mol. The van der Waals surface area contributed by atoms with Crippen LogP contribution in [0.4, 0.5) is 0 Å². The third kappa shape index (κ3) is 28.6. The molecular formula is Br5Ni. The van der Waals surface area contributed by atoms with Crippen molar-refractivity contribution >= 4 is 71.1 Å². The van der Waals surface area contributed by atoms with Crippen molar-refractivity contribution in [2.45, 2.75) is 0 Å². The predicted octanol–water partition coefficient (Wildman–Crippen LogP) is 4.23. The minimum absolute atomic E-state index is 1.86. The zero-order valence-electron chi connectivity index (χ0n) is 2.21. The second-order valence-corrected chi connectivity index (χ2v) is 50.3. The van der Waals surface area contributed by atoms with E-state index >= 15 is 0 Å².